The number of nitrogens with zero attached hydrogens (tertiary/aromatic N) is 3. The lowest BCUT2D eigenvalue weighted by Crippen LogP contribution is -2.57. The molecule has 3 rings (SSSR count). The molecular formula is C20H30N4O10S2. The Morgan fingerprint density at radius 2 is 1.86 bits per heavy atom. The van der Waals surface area contributed by atoms with Crippen molar-refractivity contribution in [1.29, 1.82) is 0 Å². The molecular weight excluding hydrogens is 520 g/mol. The molecule has 1 unspecified atom stereocenters. The summed E-state index contributed by atoms with van der Waals surface area (Å²) in [6.45, 7) is 1.91. The second-order valence-electron chi connectivity index (χ2n) is 8.83. The number of fused-ring (bicyclic) bond motifs is 1. The Hall–Kier alpha value is -2.43. The van der Waals surface area contributed by atoms with Crippen LogP contribution in [0.2, 0.25) is 0 Å². The second kappa shape index (κ2) is 11.7. The van der Waals surface area contributed by atoms with Crippen LogP contribution in [-0.4, -0.2) is 92.1 Å². The third kappa shape index (κ3) is 6.46. The molecule has 0 saturated carbocycles. The van der Waals surface area contributed by atoms with Crippen LogP contribution in [0.5, 0.6) is 0 Å². The van der Waals surface area contributed by atoms with E-state index in [1.54, 1.807) is 0 Å². The van der Waals surface area contributed by atoms with Gasteiger partial charge in [0.05, 0.1) is 12.1 Å². The molecule has 0 bridgehead atoms. The number of carbonyl (C=O) groups excluding carboxylic acids is 5. The average Bonchev–Trinajstić information content (AvgIpc) is 3.42. The quantitative estimate of drug-likeness (QED) is 0.101. The third-order valence-corrected chi connectivity index (χ3v) is 8.16. The van der Waals surface area contributed by atoms with Crippen molar-refractivity contribution >= 4 is 51.9 Å². The molecule has 0 aliphatic carbocycles. The molecule has 3 heterocycles. The first kappa shape index (κ1) is 28.1. The standard InChI is InChI=1S/C20H30N4O10S2/c1-2-3-4-8-15(25)22(23-16(26)9-10-17(23)27)13(19(28)34-36(31,32)33)6-5-7-14-18-12(11-35-14)21-20(29)24(18)30/h12-14,18,30H,2-11H2,1H3,(H,21,29)(H,31,32,33)/t12-,13?,14-,18-/m0/s1. The molecule has 3 saturated heterocycles. The summed E-state index contributed by atoms with van der Waals surface area (Å²) in [5.74, 6) is -3.10. The highest BCUT2D eigenvalue weighted by Gasteiger charge is 2.49. The number of thioether (sulfide) groups is 1. The largest absolute Gasteiger partial charge is 0.449 e. The Balaban J connectivity index is 1.81. The van der Waals surface area contributed by atoms with E-state index in [2.05, 4.69) is 9.50 Å². The van der Waals surface area contributed by atoms with Crippen molar-refractivity contribution < 1.29 is 46.3 Å². The van der Waals surface area contributed by atoms with Crippen LogP contribution in [0, 0.1) is 0 Å². The normalized spacial score (nSPS) is 24.6. The molecule has 0 aromatic heterocycles. The predicted octanol–water partition coefficient (Wildman–Crippen LogP) is 0.611. The van der Waals surface area contributed by atoms with Crippen LogP contribution in [0.1, 0.15) is 64.7 Å². The van der Waals surface area contributed by atoms with E-state index in [9.17, 15) is 37.6 Å². The first-order valence-electron chi connectivity index (χ1n) is 11.7. The number of rotatable bonds is 12. The van der Waals surface area contributed by atoms with Gasteiger partial charge in [-0.15, -0.1) is 0 Å². The topological polar surface area (TPSA) is 191 Å². The first-order valence-corrected chi connectivity index (χ1v) is 14.1. The Morgan fingerprint density at radius 3 is 2.47 bits per heavy atom. The zero-order valence-electron chi connectivity index (χ0n) is 19.7. The van der Waals surface area contributed by atoms with Crippen LogP contribution in [0.25, 0.3) is 0 Å². The monoisotopic (exact) mass is 550 g/mol. The fourth-order valence-electron chi connectivity index (χ4n) is 4.64. The number of hydrazine groups is 1. The lowest BCUT2D eigenvalue weighted by atomic mass is 10.0. The van der Waals surface area contributed by atoms with Gasteiger partial charge in [0, 0.05) is 30.3 Å². The Kier molecular flexibility index (Phi) is 9.18. The van der Waals surface area contributed by atoms with E-state index >= 15 is 0 Å². The van der Waals surface area contributed by atoms with Crippen molar-refractivity contribution in [3.63, 3.8) is 0 Å². The van der Waals surface area contributed by atoms with Crippen LogP contribution in [0.15, 0.2) is 0 Å². The first-order chi connectivity index (χ1) is 16.9. The van der Waals surface area contributed by atoms with E-state index in [1.165, 1.54) is 11.8 Å². The van der Waals surface area contributed by atoms with Crippen LogP contribution in [-0.2, 0) is 33.8 Å². The lowest BCUT2D eigenvalue weighted by Gasteiger charge is -2.35. The smallest absolute Gasteiger partial charge is 0.330 e. The SMILES string of the molecule is CCCCCC(=O)N(C(CCC[C@@H]1SC[C@@H]2NC(=O)N(O)[C@@H]21)C(=O)OS(=O)(=O)O)N1C(=O)CCC1=O. The number of amides is 5. The number of hydroxylamine groups is 2. The zero-order chi connectivity index (χ0) is 26.6. The van der Waals surface area contributed by atoms with E-state index in [4.69, 9.17) is 4.55 Å². The Morgan fingerprint density at radius 1 is 1.19 bits per heavy atom. The molecule has 3 aliphatic rings. The van der Waals surface area contributed by atoms with Gasteiger partial charge in [0.15, 0.2) is 6.04 Å². The fourth-order valence-corrected chi connectivity index (χ4v) is 6.52. The van der Waals surface area contributed by atoms with Gasteiger partial charge < -0.3 is 9.50 Å². The number of carbonyl (C=O) groups is 5. The Labute approximate surface area is 212 Å². The van der Waals surface area contributed by atoms with Crippen molar-refractivity contribution in [2.24, 2.45) is 0 Å². The summed E-state index contributed by atoms with van der Waals surface area (Å²) in [5, 5.41) is 14.3. The van der Waals surface area contributed by atoms with E-state index in [0.717, 1.165) is 6.42 Å². The molecule has 0 spiro atoms. The zero-order valence-corrected chi connectivity index (χ0v) is 21.3. The number of nitrogens with one attached hydrogen (secondary N) is 1. The van der Waals surface area contributed by atoms with Crippen LogP contribution < -0.4 is 5.32 Å². The van der Waals surface area contributed by atoms with Crippen molar-refractivity contribution in [1.82, 2.24) is 20.4 Å². The van der Waals surface area contributed by atoms with Crippen molar-refractivity contribution in [2.75, 3.05) is 5.75 Å². The highest BCUT2D eigenvalue weighted by atomic mass is 32.3. The van der Waals surface area contributed by atoms with Gasteiger partial charge in [-0.1, -0.05) is 19.8 Å². The van der Waals surface area contributed by atoms with Crippen LogP contribution in [0.4, 0.5) is 4.79 Å². The average molecular weight is 551 g/mol. The molecule has 16 heteroatoms. The molecule has 0 aromatic carbocycles. The molecule has 0 aromatic rings. The van der Waals surface area contributed by atoms with Gasteiger partial charge in [0.25, 0.3) is 0 Å². The number of unbranched alkanes of at least 4 members (excludes halogenated alkanes) is 2. The van der Waals surface area contributed by atoms with E-state index in [0.29, 0.717) is 40.1 Å². The molecule has 3 N–H and O–H groups in total. The van der Waals surface area contributed by atoms with Gasteiger partial charge in [-0.2, -0.15) is 30.3 Å². The third-order valence-electron chi connectivity index (χ3n) is 6.29. The summed E-state index contributed by atoms with van der Waals surface area (Å²) < 4.78 is 35.7. The molecule has 5 amide bonds. The number of hydrogen-bond acceptors (Lipinski definition) is 10. The number of urea groups is 1. The molecule has 14 nitrogen and oxygen atoms in total. The summed E-state index contributed by atoms with van der Waals surface area (Å²) >= 11 is 1.50. The summed E-state index contributed by atoms with van der Waals surface area (Å²) in [4.78, 5) is 62.6. The maximum Gasteiger partial charge on any atom is 0.449 e. The summed E-state index contributed by atoms with van der Waals surface area (Å²) in [6, 6.07) is -3.05. The van der Waals surface area contributed by atoms with Crippen molar-refractivity contribution in [2.45, 2.75) is 88.1 Å². The van der Waals surface area contributed by atoms with Gasteiger partial charge in [0.2, 0.25) is 17.7 Å². The minimum absolute atomic E-state index is 0.101. The predicted molar refractivity (Wildman–Crippen MR) is 123 cm³/mol. The van der Waals surface area contributed by atoms with Gasteiger partial charge in [-0.05, 0) is 25.7 Å². The second-order valence-corrected chi connectivity index (χ2v) is 11.1. The molecule has 3 fully saturated rings. The highest BCUT2D eigenvalue weighted by molar-refractivity contribution is 8.00. The molecule has 0 radical (unpaired) electrons. The maximum absolute atomic E-state index is 13.1. The summed E-state index contributed by atoms with van der Waals surface area (Å²) in [5.41, 5.74) is 0. The number of imide groups is 1. The Bertz CT molecular complexity index is 990. The van der Waals surface area contributed by atoms with Crippen LogP contribution in [0.3, 0.4) is 0 Å². The van der Waals surface area contributed by atoms with Gasteiger partial charge in [-0.25, -0.2) is 14.6 Å². The van der Waals surface area contributed by atoms with E-state index in [1.807, 2.05) is 6.92 Å². The molecule has 202 valence electrons. The molecule has 3 aliphatic heterocycles. The van der Waals surface area contributed by atoms with Gasteiger partial charge in [0.1, 0.15) is 0 Å². The van der Waals surface area contributed by atoms with Crippen molar-refractivity contribution in [3.8, 4) is 0 Å². The highest BCUT2D eigenvalue weighted by Crippen LogP contribution is 2.37. The van der Waals surface area contributed by atoms with Gasteiger partial charge in [-0.3, -0.25) is 24.1 Å². The fraction of sp³-hybridized carbons (Fsp3) is 0.750. The van der Waals surface area contributed by atoms with Crippen molar-refractivity contribution in [3.05, 3.63) is 0 Å². The molecule has 4 atom stereocenters. The van der Waals surface area contributed by atoms with E-state index < -0.39 is 52.2 Å². The molecule has 36 heavy (non-hydrogen) atoms. The minimum atomic E-state index is -5.23. The van der Waals surface area contributed by atoms with Crippen LogP contribution >= 0.6 is 11.8 Å². The summed E-state index contributed by atoms with van der Waals surface area (Å²) in [6.07, 6.45) is 1.76. The van der Waals surface area contributed by atoms with E-state index in [-0.39, 0.29) is 43.4 Å². The minimum Gasteiger partial charge on any atom is -0.330 e. The summed E-state index contributed by atoms with van der Waals surface area (Å²) in [7, 11) is -5.23. The maximum atomic E-state index is 13.1. The lowest BCUT2D eigenvalue weighted by molar-refractivity contribution is -0.178. The number of hydrogen-bond donors (Lipinski definition) is 3. The van der Waals surface area contributed by atoms with Gasteiger partial charge >= 0.3 is 22.4 Å².